The summed E-state index contributed by atoms with van der Waals surface area (Å²) in [5.74, 6) is -0.184. The van der Waals surface area contributed by atoms with Crippen LogP contribution < -0.4 is 15.5 Å². The van der Waals surface area contributed by atoms with E-state index < -0.39 is 28.8 Å². The Bertz CT molecular complexity index is 1420. The van der Waals surface area contributed by atoms with Gasteiger partial charge in [0.2, 0.25) is 5.43 Å². The number of hydrogen-bond donors (Lipinski definition) is 1. The molecule has 0 aliphatic carbocycles. The number of benzene rings is 2. The number of rotatable bonds is 7. The Kier molecular flexibility index (Phi) is 7.14. The van der Waals surface area contributed by atoms with Gasteiger partial charge in [0.1, 0.15) is 12.4 Å². The predicted molar refractivity (Wildman–Crippen MR) is 126 cm³/mol. The second-order valence-electron chi connectivity index (χ2n) is 7.86. The summed E-state index contributed by atoms with van der Waals surface area (Å²) in [6, 6.07) is 18.4. The molecule has 2 aromatic carbocycles. The Morgan fingerprint density at radius 1 is 1.03 bits per heavy atom. The maximum Gasteiger partial charge on any atom is 0.418 e. The molecule has 0 aliphatic heterocycles. The molecule has 0 spiro atoms. The van der Waals surface area contributed by atoms with Crippen molar-refractivity contribution < 1.29 is 22.7 Å². The lowest BCUT2D eigenvalue weighted by atomic mass is 10.1. The van der Waals surface area contributed by atoms with Crippen LogP contribution in [0.3, 0.4) is 0 Å². The largest absolute Gasteiger partial charge is 0.487 e. The van der Waals surface area contributed by atoms with E-state index in [0.29, 0.717) is 12.4 Å². The van der Waals surface area contributed by atoms with Gasteiger partial charge in [-0.05, 0) is 48.9 Å². The van der Waals surface area contributed by atoms with Gasteiger partial charge in [0.25, 0.3) is 5.91 Å². The number of para-hydroxylation sites is 1. The lowest BCUT2D eigenvalue weighted by Gasteiger charge is -2.16. The van der Waals surface area contributed by atoms with E-state index in [9.17, 15) is 22.8 Å². The molecule has 0 saturated carbocycles. The third kappa shape index (κ3) is 5.77. The molecule has 0 saturated heterocycles. The Balaban J connectivity index is 1.47. The average Bonchev–Trinajstić information content (AvgIpc) is 2.87. The molecule has 184 valence electrons. The van der Waals surface area contributed by atoms with Crippen molar-refractivity contribution in [1.82, 2.24) is 20.1 Å². The molecule has 1 N–H and O–H groups in total. The lowest BCUT2D eigenvalue weighted by molar-refractivity contribution is -0.137. The van der Waals surface area contributed by atoms with Crippen molar-refractivity contribution in [3.05, 3.63) is 117 Å². The van der Waals surface area contributed by atoms with Crippen LogP contribution in [0.2, 0.25) is 0 Å². The molecule has 7 nitrogen and oxygen atoms in total. The third-order valence-corrected chi connectivity index (χ3v) is 5.25. The summed E-state index contributed by atoms with van der Waals surface area (Å²) in [7, 11) is 0. The summed E-state index contributed by atoms with van der Waals surface area (Å²) < 4.78 is 47.1. The van der Waals surface area contributed by atoms with E-state index in [4.69, 9.17) is 4.74 Å². The zero-order valence-electron chi connectivity index (χ0n) is 19.1. The number of alkyl halides is 3. The van der Waals surface area contributed by atoms with Gasteiger partial charge in [0, 0.05) is 24.5 Å². The van der Waals surface area contributed by atoms with E-state index in [1.807, 2.05) is 18.2 Å². The quantitative estimate of drug-likeness (QED) is 0.410. The van der Waals surface area contributed by atoms with Crippen LogP contribution >= 0.6 is 0 Å². The summed E-state index contributed by atoms with van der Waals surface area (Å²) >= 11 is 0. The molecule has 0 radical (unpaired) electrons. The molecule has 0 bridgehead atoms. The van der Waals surface area contributed by atoms with Crippen molar-refractivity contribution >= 4 is 5.91 Å². The molecule has 2 heterocycles. The van der Waals surface area contributed by atoms with Crippen LogP contribution in [0.1, 0.15) is 33.0 Å². The van der Waals surface area contributed by atoms with Gasteiger partial charge in [-0.2, -0.15) is 18.3 Å². The highest BCUT2D eigenvalue weighted by Crippen LogP contribution is 2.33. The van der Waals surface area contributed by atoms with E-state index in [-0.39, 0.29) is 17.9 Å². The van der Waals surface area contributed by atoms with Gasteiger partial charge in [-0.15, -0.1) is 0 Å². The first-order chi connectivity index (χ1) is 17.2. The number of aromatic nitrogens is 3. The molecular weight excluding hydrogens is 473 g/mol. The molecule has 4 aromatic rings. The lowest BCUT2D eigenvalue weighted by Crippen LogP contribution is -2.32. The van der Waals surface area contributed by atoms with Crippen LogP contribution in [-0.4, -0.2) is 20.7 Å². The Morgan fingerprint density at radius 3 is 2.44 bits per heavy atom. The minimum atomic E-state index is -4.64. The normalized spacial score (nSPS) is 11.2. The van der Waals surface area contributed by atoms with Crippen molar-refractivity contribution in [1.29, 1.82) is 0 Å². The number of nitrogens with zero attached hydrogens (tertiary/aromatic N) is 3. The maximum atomic E-state index is 13.5. The maximum absolute atomic E-state index is 13.5. The summed E-state index contributed by atoms with van der Waals surface area (Å²) in [5, 5.41) is 6.55. The number of halogens is 3. The highest BCUT2D eigenvalue weighted by molar-refractivity contribution is 5.92. The summed E-state index contributed by atoms with van der Waals surface area (Å²) in [6.07, 6.45) is -2.96. The van der Waals surface area contributed by atoms with Gasteiger partial charge in [-0.1, -0.05) is 30.3 Å². The zero-order chi connectivity index (χ0) is 25.7. The molecule has 0 aliphatic rings. The molecule has 0 fully saturated rings. The summed E-state index contributed by atoms with van der Waals surface area (Å²) in [5.41, 5.74) is -0.739. The van der Waals surface area contributed by atoms with Crippen LogP contribution in [0, 0.1) is 6.92 Å². The highest BCUT2D eigenvalue weighted by atomic mass is 19.4. The first-order valence-corrected chi connectivity index (χ1v) is 10.9. The van der Waals surface area contributed by atoms with Crippen LogP contribution in [-0.2, 0) is 19.3 Å². The second-order valence-corrected chi connectivity index (χ2v) is 7.86. The van der Waals surface area contributed by atoms with E-state index in [0.717, 1.165) is 28.1 Å². The smallest absolute Gasteiger partial charge is 0.418 e. The minimum absolute atomic E-state index is 0.0769. The van der Waals surface area contributed by atoms with E-state index in [1.54, 1.807) is 30.5 Å². The van der Waals surface area contributed by atoms with Crippen molar-refractivity contribution in [2.75, 3.05) is 0 Å². The number of pyridine rings is 1. The van der Waals surface area contributed by atoms with Gasteiger partial charge in [-0.25, -0.2) is 4.68 Å². The van der Waals surface area contributed by atoms with E-state index in [2.05, 4.69) is 15.4 Å². The number of ether oxygens (including phenoxy) is 1. The molecule has 4 rings (SSSR count). The fourth-order valence-corrected chi connectivity index (χ4v) is 3.46. The zero-order valence-corrected chi connectivity index (χ0v) is 19.1. The second kappa shape index (κ2) is 10.4. The Hall–Kier alpha value is -4.47. The van der Waals surface area contributed by atoms with E-state index >= 15 is 0 Å². The minimum Gasteiger partial charge on any atom is -0.487 e. The fraction of sp³-hybridized carbons (Fsp3) is 0.154. The number of aryl methyl sites for hydroxylation is 1. The highest BCUT2D eigenvalue weighted by Gasteiger charge is 2.34. The number of nitrogens with one attached hydrogen (secondary N) is 1. The van der Waals surface area contributed by atoms with Gasteiger partial charge >= 0.3 is 6.18 Å². The van der Waals surface area contributed by atoms with Gasteiger partial charge in [-0.3, -0.25) is 14.6 Å². The number of carbonyl (C=O) groups is 1. The Labute approximate surface area is 204 Å². The van der Waals surface area contributed by atoms with Crippen molar-refractivity contribution in [2.24, 2.45) is 0 Å². The number of hydrogen-bond acceptors (Lipinski definition) is 5. The topological polar surface area (TPSA) is 86.1 Å². The van der Waals surface area contributed by atoms with Crippen LogP contribution in [0.4, 0.5) is 13.2 Å². The van der Waals surface area contributed by atoms with Gasteiger partial charge in [0.15, 0.2) is 5.69 Å². The molecule has 0 atom stereocenters. The molecule has 1 amide bonds. The SMILES string of the molecule is Cc1cc(=O)c(C(=O)NCc2ccc(OCc3ccccn3)cc2)nn1-c1ccccc1C(F)(F)F. The third-order valence-electron chi connectivity index (χ3n) is 5.25. The van der Waals surface area contributed by atoms with Crippen molar-refractivity contribution in [3.63, 3.8) is 0 Å². The standard InChI is InChI=1S/C26H21F3N4O3/c1-17-14-23(34)24(32-33(17)22-8-3-2-7-21(22)26(27,28)29)25(35)31-15-18-9-11-20(12-10-18)36-16-19-6-4-5-13-30-19/h2-14H,15-16H2,1H3,(H,31,35). The van der Waals surface area contributed by atoms with Crippen LogP contribution in [0.25, 0.3) is 5.69 Å². The molecule has 36 heavy (non-hydrogen) atoms. The van der Waals surface area contributed by atoms with Crippen LogP contribution in [0.5, 0.6) is 5.75 Å². The van der Waals surface area contributed by atoms with Crippen molar-refractivity contribution in [3.8, 4) is 11.4 Å². The summed E-state index contributed by atoms with van der Waals surface area (Å²) in [6.45, 7) is 1.83. The number of amides is 1. The first kappa shape index (κ1) is 24.6. The molecule has 2 aromatic heterocycles. The molecular formula is C26H21F3N4O3. The first-order valence-electron chi connectivity index (χ1n) is 10.9. The van der Waals surface area contributed by atoms with Gasteiger partial charge in [0.05, 0.1) is 16.9 Å². The van der Waals surface area contributed by atoms with Crippen LogP contribution in [0.15, 0.2) is 83.8 Å². The monoisotopic (exact) mass is 494 g/mol. The Morgan fingerprint density at radius 2 is 1.75 bits per heavy atom. The predicted octanol–water partition coefficient (Wildman–Crippen LogP) is 4.46. The summed E-state index contributed by atoms with van der Waals surface area (Å²) in [4.78, 5) is 29.3. The number of carbonyl (C=O) groups excluding carboxylic acids is 1. The average molecular weight is 494 g/mol. The fourth-order valence-electron chi connectivity index (χ4n) is 3.46. The van der Waals surface area contributed by atoms with Crippen molar-refractivity contribution in [2.45, 2.75) is 26.3 Å². The van der Waals surface area contributed by atoms with Gasteiger partial charge < -0.3 is 10.1 Å². The molecule has 10 heteroatoms. The molecule has 0 unspecified atom stereocenters. The van der Waals surface area contributed by atoms with E-state index in [1.165, 1.54) is 25.1 Å².